The van der Waals surface area contributed by atoms with Gasteiger partial charge in [-0.2, -0.15) is 13.2 Å². The summed E-state index contributed by atoms with van der Waals surface area (Å²) in [5.41, 5.74) is -0.0540. The zero-order valence-corrected chi connectivity index (χ0v) is 17.5. The molecule has 1 aromatic rings. The molecule has 0 radical (unpaired) electrons. The first kappa shape index (κ1) is 24.8. The van der Waals surface area contributed by atoms with Gasteiger partial charge in [-0.05, 0) is 31.2 Å². The molecule has 0 bridgehead atoms. The molecule has 3 heterocycles. The molecular formula is C19H27F3N4O5. The van der Waals surface area contributed by atoms with E-state index in [2.05, 4.69) is 14.9 Å². The van der Waals surface area contributed by atoms with Crippen LogP contribution in [0.25, 0.3) is 0 Å². The average molecular weight is 448 g/mol. The number of nitrogens with zero attached hydrogens (tertiary/aromatic N) is 4. The minimum atomic E-state index is -5.08. The van der Waals surface area contributed by atoms with Gasteiger partial charge in [-0.25, -0.2) is 14.8 Å². The first-order valence-electron chi connectivity index (χ1n) is 9.76. The van der Waals surface area contributed by atoms with Crippen LogP contribution in [0.5, 0.6) is 0 Å². The van der Waals surface area contributed by atoms with Crippen molar-refractivity contribution >= 4 is 17.8 Å². The van der Waals surface area contributed by atoms with Crippen molar-refractivity contribution in [2.24, 2.45) is 5.92 Å². The van der Waals surface area contributed by atoms with E-state index < -0.39 is 12.1 Å². The van der Waals surface area contributed by atoms with Gasteiger partial charge in [0.25, 0.3) is 0 Å². The number of alkyl halides is 3. The standard InChI is InChI=1S/C17H26N4O3.C2HF3O2/c1-20(2)15(22)11-23-8-4-14-5-9-24-17(10-14)12-21(13-17)16-18-6-3-7-19-16;3-2(4,5)1(6)7/h3,6-7,14H,4-5,8-13H2,1-2H3;(H,6,7). The van der Waals surface area contributed by atoms with Crippen molar-refractivity contribution in [1.29, 1.82) is 0 Å². The fourth-order valence-corrected chi connectivity index (χ4v) is 3.38. The molecule has 1 aromatic heterocycles. The monoisotopic (exact) mass is 448 g/mol. The normalized spacial score (nSPS) is 19.8. The molecule has 2 saturated heterocycles. The summed E-state index contributed by atoms with van der Waals surface area (Å²) in [6.45, 7) is 3.30. The Morgan fingerprint density at radius 2 is 1.94 bits per heavy atom. The maximum Gasteiger partial charge on any atom is 0.490 e. The van der Waals surface area contributed by atoms with Gasteiger partial charge < -0.3 is 24.4 Å². The van der Waals surface area contributed by atoms with E-state index >= 15 is 0 Å². The van der Waals surface area contributed by atoms with Gasteiger partial charge in [-0.15, -0.1) is 0 Å². The van der Waals surface area contributed by atoms with E-state index in [4.69, 9.17) is 19.4 Å². The largest absolute Gasteiger partial charge is 0.490 e. The van der Waals surface area contributed by atoms with E-state index in [0.29, 0.717) is 12.5 Å². The molecule has 2 aliphatic heterocycles. The molecule has 3 rings (SSSR count). The van der Waals surface area contributed by atoms with Crippen molar-refractivity contribution in [2.45, 2.75) is 31.0 Å². The number of anilines is 1. The van der Waals surface area contributed by atoms with Gasteiger partial charge in [0.2, 0.25) is 11.9 Å². The number of carbonyl (C=O) groups excluding carboxylic acids is 1. The lowest BCUT2D eigenvalue weighted by Crippen LogP contribution is -2.65. The lowest BCUT2D eigenvalue weighted by atomic mass is 9.79. The number of likely N-dealkylation sites (N-methyl/N-ethyl adjacent to an activating group) is 1. The lowest BCUT2D eigenvalue weighted by molar-refractivity contribution is -0.192. The van der Waals surface area contributed by atoms with Crippen molar-refractivity contribution in [3.05, 3.63) is 18.5 Å². The maximum atomic E-state index is 11.5. The van der Waals surface area contributed by atoms with Crippen LogP contribution < -0.4 is 4.90 Å². The zero-order valence-electron chi connectivity index (χ0n) is 17.5. The highest BCUT2D eigenvalue weighted by atomic mass is 19.4. The van der Waals surface area contributed by atoms with Crippen LogP contribution in [-0.2, 0) is 19.1 Å². The second kappa shape index (κ2) is 10.7. The van der Waals surface area contributed by atoms with Gasteiger partial charge in [0.1, 0.15) is 12.2 Å². The second-order valence-corrected chi connectivity index (χ2v) is 7.73. The van der Waals surface area contributed by atoms with Crippen LogP contribution in [0, 0.1) is 5.92 Å². The van der Waals surface area contributed by atoms with Gasteiger partial charge in [0.05, 0.1) is 13.1 Å². The summed E-state index contributed by atoms with van der Waals surface area (Å²) in [5.74, 6) is -1.38. The zero-order chi connectivity index (χ0) is 23.1. The van der Waals surface area contributed by atoms with E-state index in [9.17, 15) is 18.0 Å². The maximum absolute atomic E-state index is 11.5. The molecule has 0 aliphatic carbocycles. The number of carboxylic acids is 1. The highest BCUT2D eigenvalue weighted by Gasteiger charge is 2.48. The Morgan fingerprint density at radius 3 is 2.48 bits per heavy atom. The van der Waals surface area contributed by atoms with Crippen LogP contribution in [0.3, 0.4) is 0 Å². The third-order valence-corrected chi connectivity index (χ3v) is 5.03. The summed E-state index contributed by atoms with van der Waals surface area (Å²) in [7, 11) is 3.49. The number of carboxylic acid groups (broad SMARTS) is 1. The second-order valence-electron chi connectivity index (χ2n) is 7.73. The minimum Gasteiger partial charge on any atom is -0.475 e. The molecule has 0 saturated carbocycles. The molecule has 12 heteroatoms. The van der Waals surface area contributed by atoms with Crippen molar-refractivity contribution < 1.29 is 37.3 Å². The fraction of sp³-hybridized carbons (Fsp3) is 0.684. The Labute approximate surface area is 178 Å². The number of ether oxygens (including phenoxy) is 2. The van der Waals surface area contributed by atoms with Crippen molar-refractivity contribution in [3.8, 4) is 0 Å². The number of halogens is 3. The Kier molecular flexibility index (Phi) is 8.57. The Balaban J connectivity index is 0.000000423. The molecule has 1 unspecified atom stereocenters. The van der Waals surface area contributed by atoms with E-state index in [1.165, 1.54) is 0 Å². The summed E-state index contributed by atoms with van der Waals surface area (Å²) in [6.07, 6.45) is 1.54. The summed E-state index contributed by atoms with van der Waals surface area (Å²) in [4.78, 5) is 32.7. The van der Waals surface area contributed by atoms with Gasteiger partial charge >= 0.3 is 12.1 Å². The number of hydrogen-bond acceptors (Lipinski definition) is 7. The molecule has 31 heavy (non-hydrogen) atoms. The van der Waals surface area contributed by atoms with Crippen molar-refractivity contribution in [2.75, 3.05) is 51.9 Å². The smallest absolute Gasteiger partial charge is 0.475 e. The van der Waals surface area contributed by atoms with Crippen molar-refractivity contribution in [1.82, 2.24) is 14.9 Å². The fourth-order valence-electron chi connectivity index (χ4n) is 3.38. The Hall–Kier alpha value is -2.47. The molecule has 2 aliphatic rings. The average Bonchev–Trinajstić information content (AvgIpc) is 2.69. The predicted molar refractivity (Wildman–Crippen MR) is 103 cm³/mol. The molecular weight excluding hydrogens is 421 g/mol. The highest BCUT2D eigenvalue weighted by Crippen LogP contribution is 2.39. The van der Waals surface area contributed by atoms with E-state index in [1.807, 2.05) is 6.07 Å². The van der Waals surface area contributed by atoms with E-state index in [-0.39, 0.29) is 18.1 Å². The number of aromatic nitrogens is 2. The molecule has 1 atom stereocenters. The molecule has 1 amide bonds. The molecule has 1 N–H and O–H groups in total. The van der Waals surface area contributed by atoms with Crippen molar-refractivity contribution in [3.63, 3.8) is 0 Å². The summed E-state index contributed by atoms with van der Waals surface area (Å²) >= 11 is 0. The van der Waals surface area contributed by atoms with Crippen LogP contribution in [0.2, 0.25) is 0 Å². The first-order chi connectivity index (χ1) is 14.5. The van der Waals surface area contributed by atoms with Crippen LogP contribution in [-0.4, -0.2) is 90.6 Å². The minimum absolute atomic E-state index is 0.0101. The first-order valence-corrected chi connectivity index (χ1v) is 9.76. The van der Waals surface area contributed by atoms with E-state index in [0.717, 1.165) is 44.9 Å². The highest BCUT2D eigenvalue weighted by molar-refractivity contribution is 5.76. The molecule has 0 aromatic carbocycles. The number of aliphatic carboxylic acids is 1. The van der Waals surface area contributed by atoms with Gasteiger partial charge in [-0.1, -0.05) is 0 Å². The molecule has 9 nitrogen and oxygen atoms in total. The number of carbonyl (C=O) groups is 2. The third kappa shape index (κ3) is 7.62. The SMILES string of the molecule is CN(C)C(=O)COCCC1CCOC2(C1)CN(c1ncccn1)C2.O=C(O)C(F)(F)F. The topological polar surface area (TPSA) is 105 Å². The summed E-state index contributed by atoms with van der Waals surface area (Å²) in [6, 6.07) is 1.83. The summed E-state index contributed by atoms with van der Waals surface area (Å²) in [5, 5.41) is 7.12. The summed E-state index contributed by atoms with van der Waals surface area (Å²) < 4.78 is 43.3. The molecule has 174 valence electrons. The number of rotatable bonds is 6. The Bertz CT molecular complexity index is 727. The quantitative estimate of drug-likeness (QED) is 0.655. The Morgan fingerprint density at radius 1 is 1.32 bits per heavy atom. The van der Waals surface area contributed by atoms with Gasteiger partial charge in [0.15, 0.2) is 0 Å². The lowest BCUT2D eigenvalue weighted by Gasteiger charge is -2.53. The van der Waals surface area contributed by atoms with Crippen LogP contribution >= 0.6 is 0 Å². The third-order valence-electron chi connectivity index (χ3n) is 5.03. The van der Waals surface area contributed by atoms with Gasteiger partial charge in [-0.3, -0.25) is 4.79 Å². The van der Waals surface area contributed by atoms with Crippen LogP contribution in [0.1, 0.15) is 19.3 Å². The molecule has 1 spiro atoms. The number of hydrogen-bond donors (Lipinski definition) is 1. The van der Waals surface area contributed by atoms with Gasteiger partial charge in [0, 0.05) is 39.7 Å². The predicted octanol–water partition coefficient (Wildman–Crippen LogP) is 1.59. The van der Waals surface area contributed by atoms with Crippen LogP contribution in [0.15, 0.2) is 18.5 Å². The van der Waals surface area contributed by atoms with E-state index in [1.54, 1.807) is 31.4 Å². The number of amides is 1. The molecule has 2 fully saturated rings. The van der Waals surface area contributed by atoms with Crippen LogP contribution in [0.4, 0.5) is 19.1 Å².